The topological polar surface area (TPSA) is 29.3 Å². The molecule has 0 radical (unpaired) electrons. The van der Waals surface area contributed by atoms with E-state index in [0.717, 1.165) is 12.5 Å². The highest BCUT2D eigenvalue weighted by atomic mass is 15.2. The summed E-state index contributed by atoms with van der Waals surface area (Å²) >= 11 is 0. The third-order valence-corrected chi connectivity index (χ3v) is 3.90. The molecule has 17 heavy (non-hydrogen) atoms. The number of hydrogen-bond acceptors (Lipinski definition) is 2. The minimum atomic E-state index is 0.402. The molecule has 0 unspecified atom stereocenters. The number of aryl methyl sites for hydroxylation is 1. The van der Waals surface area contributed by atoms with Crippen LogP contribution in [0.1, 0.15) is 36.9 Å². The van der Waals surface area contributed by atoms with Crippen molar-refractivity contribution in [3.63, 3.8) is 0 Å². The molecule has 2 nitrogen and oxygen atoms in total. The molecule has 2 rings (SSSR count). The fourth-order valence-corrected chi connectivity index (χ4v) is 2.94. The molecule has 1 heterocycles. The van der Waals surface area contributed by atoms with E-state index < -0.39 is 0 Å². The number of nitrogens with two attached hydrogens (primary N) is 1. The summed E-state index contributed by atoms with van der Waals surface area (Å²) in [7, 11) is 0. The second-order valence-corrected chi connectivity index (χ2v) is 5.35. The van der Waals surface area contributed by atoms with Crippen LogP contribution in [0.5, 0.6) is 0 Å². The fraction of sp³-hybridized carbons (Fsp3) is 0.600. The van der Waals surface area contributed by atoms with Crippen LogP contribution in [0.2, 0.25) is 0 Å². The molecule has 94 valence electrons. The minimum Gasteiger partial charge on any atom is -0.329 e. The second-order valence-electron chi connectivity index (χ2n) is 5.35. The van der Waals surface area contributed by atoms with E-state index in [-0.39, 0.29) is 0 Å². The summed E-state index contributed by atoms with van der Waals surface area (Å²) in [6.45, 7) is 7.64. The van der Waals surface area contributed by atoms with Gasteiger partial charge in [0.05, 0.1) is 0 Å². The maximum absolute atomic E-state index is 6.01. The first kappa shape index (κ1) is 12.6. The molecule has 0 aliphatic carbocycles. The summed E-state index contributed by atoms with van der Waals surface area (Å²) < 4.78 is 0. The van der Waals surface area contributed by atoms with Crippen LogP contribution in [0, 0.1) is 12.8 Å². The summed E-state index contributed by atoms with van der Waals surface area (Å²) in [5.41, 5.74) is 8.78. The Balaban J connectivity index is 2.18. The largest absolute Gasteiger partial charge is 0.329 e. The molecular formula is C15H24N2. The Hall–Kier alpha value is -0.860. The van der Waals surface area contributed by atoms with Crippen molar-refractivity contribution >= 4 is 0 Å². The third-order valence-electron chi connectivity index (χ3n) is 3.90. The molecule has 1 aliphatic heterocycles. The predicted octanol–water partition coefficient (Wildman–Crippen LogP) is 2.73. The van der Waals surface area contributed by atoms with Gasteiger partial charge in [0, 0.05) is 19.1 Å². The van der Waals surface area contributed by atoms with Crippen LogP contribution in [0.15, 0.2) is 24.3 Å². The van der Waals surface area contributed by atoms with Gasteiger partial charge in [0.1, 0.15) is 0 Å². The van der Waals surface area contributed by atoms with Gasteiger partial charge >= 0.3 is 0 Å². The maximum Gasteiger partial charge on any atom is 0.0473 e. The molecule has 0 amide bonds. The van der Waals surface area contributed by atoms with Gasteiger partial charge < -0.3 is 5.73 Å². The Kier molecular flexibility index (Phi) is 4.19. The fourth-order valence-electron chi connectivity index (χ4n) is 2.94. The van der Waals surface area contributed by atoms with Gasteiger partial charge in [-0.2, -0.15) is 0 Å². The Labute approximate surface area is 105 Å². The standard InChI is InChI=1S/C15H24N2/c1-12-6-5-9-17(11-12)15(10-16)14-8-4-3-7-13(14)2/h3-4,7-8,12,15H,5-6,9-11,16H2,1-2H3/t12-,15+/m1/s1. The molecule has 0 bridgehead atoms. The monoisotopic (exact) mass is 232 g/mol. The zero-order valence-corrected chi connectivity index (χ0v) is 11.0. The van der Waals surface area contributed by atoms with Crippen molar-refractivity contribution in [1.82, 2.24) is 4.90 Å². The molecule has 0 saturated carbocycles. The number of nitrogens with zero attached hydrogens (tertiary/aromatic N) is 1. The molecular weight excluding hydrogens is 208 g/mol. The number of benzene rings is 1. The molecule has 1 aliphatic rings. The van der Waals surface area contributed by atoms with E-state index in [1.54, 1.807) is 0 Å². The smallest absolute Gasteiger partial charge is 0.0473 e. The van der Waals surface area contributed by atoms with Gasteiger partial charge in [-0.05, 0) is 43.4 Å². The average molecular weight is 232 g/mol. The highest BCUT2D eigenvalue weighted by molar-refractivity contribution is 5.29. The predicted molar refractivity (Wildman–Crippen MR) is 72.9 cm³/mol. The number of likely N-dealkylation sites (tertiary alicyclic amines) is 1. The highest BCUT2D eigenvalue weighted by Crippen LogP contribution is 2.27. The SMILES string of the molecule is Cc1ccccc1[C@H](CN)N1CCC[C@@H](C)C1. The minimum absolute atomic E-state index is 0.402. The highest BCUT2D eigenvalue weighted by Gasteiger charge is 2.24. The summed E-state index contributed by atoms with van der Waals surface area (Å²) in [4.78, 5) is 2.57. The van der Waals surface area contributed by atoms with Crippen LogP contribution in [0.3, 0.4) is 0 Å². The van der Waals surface area contributed by atoms with Crippen LogP contribution in [-0.2, 0) is 0 Å². The lowest BCUT2D eigenvalue weighted by Crippen LogP contribution is -2.40. The Bertz CT molecular complexity index is 362. The lowest BCUT2D eigenvalue weighted by molar-refractivity contribution is 0.133. The van der Waals surface area contributed by atoms with Crippen molar-refractivity contribution in [2.24, 2.45) is 11.7 Å². The molecule has 0 aromatic heterocycles. The van der Waals surface area contributed by atoms with Gasteiger partial charge in [-0.25, -0.2) is 0 Å². The van der Waals surface area contributed by atoms with E-state index in [9.17, 15) is 0 Å². The van der Waals surface area contributed by atoms with Crippen molar-refractivity contribution < 1.29 is 0 Å². The Morgan fingerprint density at radius 1 is 1.41 bits per heavy atom. The lowest BCUT2D eigenvalue weighted by Gasteiger charge is -2.37. The van der Waals surface area contributed by atoms with Gasteiger partial charge in [-0.1, -0.05) is 31.2 Å². The first-order chi connectivity index (χ1) is 8.22. The van der Waals surface area contributed by atoms with E-state index >= 15 is 0 Å². The van der Waals surface area contributed by atoms with Crippen LogP contribution in [0.4, 0.5) is 0 Å². The Morgan fingerprint density at radius 2 is 2.18 bits per heavy atom. The summed E-state index contributed by atoms with van der Waals surface area (Å²) in [5, 5.41) is 0. The van der Waals surface area contributed by atoms with Crippen molar-refractivity contribution in [3.05, 3.63) is 35.4 Å². The van der Waals surface area contributed by atoms with Gasteiger partial charge in [0.25, 0.3) is 0 Å². The number of piperidine rings is 1. The van der Waals surface area contributed by atoms with Crippen molar-refractivity contribution in [2.75, 3.05) is 19.6 Å². The molecule has 1 fully saturated rings. The second kappa shape index (κ2) is 5.65. The van der Waals surface area contributed by atoms with E-state index in [2.05, 4.69) is 43.0 Å². The van der Waals surface area contributed by atoms with Crippen LogP contribution in [-0.4, -0.2) is 24.5 Å². The van der Waals surface area contributed by atoms with Crippen molar-refractivity contribution in [2.45, 2.75) is 32.7 Å². The number of hydrogen-bond donors (Lipinski definition) is 1. The summed E-state index contributed by atoms with van der Waals surface area (Å²) in [6, 6.07) is 9.04. The normalized spacial score (nSPS) is 23.6. The van der Waals surface area contributed by atoms with Crippen LogP contribution < -0.4 is 5.73 Å². The van der Waals surface area contributed by atoms with Crippen LogP contribution in [0.25, 0.3) is 0 Å². The molecule has 2 atom stereocenters. The van der Waals surface area contributed by atoms with E-state index in [1.807, 2.05) is 0 Å². The van der Waals surface area contributed by atoms with Crippen LogP contribution >= 0.6 is 0 Å². The summed E-state index contributed by atoms with van der Waals surface area (Å²) in [5.74, 6) is 0.807. The van der Waals surface area contributed by atoms with Gasteiger partial charge in [0.15, 0.2) is 0 Å². The first-order valence-corrected chi connectivity index (χ1v) is 6.72. The quantitative estimate of drug-likeness (QED) is 0.868. The van der Waals surface area contributed by atoms with E-state index in [0.29, 0.717) is 6.04 Å². The summed E-state index contributed by atoms with van der Waals surface area (Å²) in [6.07, 6.45) is 2.67. The average Bonchev–Trinajstić information content (AvgIpc) is 2.33. The number of rotatable bonds is 3. The lowest BCUT2D eigenvalue weighted by atomic mass is 9.94. The maximum atomic E-state index is 6.01. The third kappa shape index (κ3) is 2.88. The van der Waals surface area contributed by atoms with Gasteiger partial charge in [-0.3, -0.25) is 4.90 Å². The first-order valence-electron chi connectivity index (χ1n) is 6.72. The van der Waals surface area contributed by atoms with Crippen molar-refractivity contribution in [3.8, 4) is 0 Å². The van der Waals surface area contributed by atoms with Gasteiger partial charge in [0.2, 0.25) is 0 Å². The molecule has 0 spiro atoms. The molecule has 1 aromatic rings. The molecule has 2 N–H and O–H groups in total. The van der Waals surface area contributed by atoms with Gasteiger partial charge in [-0.15, -0.1) is 0 Å². The zero-order valence-electron chi connectivity index (χ0n) is 11.0. The van der Waals surface area contributed by atoms with E-state index in [1.165, 1.54) is 37.1 Å². The molecule has 2 heteroatoms. The molecule has 1 aromatic carbocycles. The Morgan fingerprint density at radius 3 is 2.82 bits per heavy atom. The van der Waals surface area contributed by atoms with Crippen molar-refractivity contribution in [1.29, 1.82) is 0 Å². The molecule has 1 saturated heterocycles. The van der Waals surface area contributed by atoms with E-state index in [4.69, 9.17) is 5.73 Å². The zero-order chi connectivity index (χ0) is 12.3.